The van der Waals surface area contributed by atoms with E-state index >= 15 is 0 Å². The maximum atomic E-state index is 14.8. The average molecular weight is 812 g/mol. The maximum absolute atomic E-state index is 14.8. The van der Waals surface area contributed by atoms with Gasteiger partial charge in [0.2, 0.25) is 17.7 Å². The molecular formula is C47H53N7O6. The molecule has 13 nitrogen and oxygen atoms in total. The van der Waals surface area contributed by atoms with Crippen molar-refractivity contribution in [1.29, 1.82) is 0 Å². The molecule has 7 heterocycles. The van der Waals surface area contributed by atoms with E-state index in [1.165, 1.54) is 0 Å². The molecule has 6 aliphatic heterocycles. The van der Waals surface area contributed by atoms with Crippen molar-refractivity contribution in [3.63, 3.8) is 0 Å². The van der Waals surface area contributed by atoms with Crippen molar-refractivity contribution in [3.05, 3.63) is 96.2 Å². The number of phenols is 1. The number of aromatic nitrogens is 2. The third kappa shape index (κ3) is 6.85. The molecule has 0 saturated carbocycles. The highest BCUT2D eigenvalue weighted by molar-refractivity contribution is 6.01. The molecule has 312 valence electrons. The van der Waals surface area contributed by atoms with Crippen LogP contribution in [0.5, 0.6) is 11.5 Å². The number of carbonyl (C=O) groups excluding carboxylic acids is 3. The summed E-state index contributed by atoms with van der Waals surface area (Å²) in [5.41, 5.74) is 4.59. The van der Waals surface area contributed by atoms with Crippen LogP contribution in [-0.4, -0.2) is 121 Å². The van der Waals surface area contributed by atoms with Gasteiger partial charge < -0.3 is 29.3 Å². The van der Waals surface area contributed by atoms with Crippen LogP contribution in [0.4, 0.5) is 11.4 Å². The summed E-state index contributed by atoms with van der Waals surface area (Å²) in [7, 11) is 1.68. The zero-order chi connectivity index (χ0) is 41.1. The Balaban J connectivity index is 0.746. The molecule has 6 aliphatic rings. The summed E-state index contributed by atoms with van der Waals surface area (Å²) in [5, 5.41) is 21.5. The zero-order valence-electron chi connectivity index (χ0n) is 34.2. The normalized spacial score (nSPS) is 24.5. The van der Waals surface area contributed by atoms with Gasteiger partial charge in [-0.1, -0.05) is 42.5 Å². The number of piperidine rings is 3. The predicted octanol–water partition coefficient (Wildman–Crippen LogP) is 4.89. The molecule has 2 atom stereocenters. The number of nitrogens with zero attached hydrogens (tertiary/aromatic N) is 6. The molecule has 4 aromatic rings. The Kier molecular flexibility index (Phi) is 9.78. The SMILES string of the molecule is COc1ccccc1C1(C(=O)N2CC3(C2)CN([C@H]2COC4(CCN(c5ccc([C@H]6CCC(=O)NC6=O)cc5)CC4)C2)C3)CCN(c2cnnc(-c3ccccc3O)c2)CC1. The second-order valence-electron chi connectivity index (χ2n) is 18.1. The Morgan fingerprint density at radius 1 is 0.867 bits per heavy atom. The lowest BCUT2D eigenvalue weighted by Crippen LogP contribution is -2.75. The molecule has 60 heavy (non-hydrogen) atoms. The first-order valence-corrected chi connectivity index (χ1v) is 21.5. The first-order valence-electron chi connectivity index (χ1n) is 21.5. The summed E-state index contributed by atoms with van der Waals surface area (Å²) in [6.45, 7) is 7.49. The molecular weight excluding hydrogens is 759 g/mol. The fourth-order valence-corrected chi connectivity index (χ4v) is 11.1. The van der Waals surface area contributed by atoms with Gasteiger partial charge >= 0.3 is 0 Å². The molecule has 0 radical (unpaired) electrons. The van der Waals surface area contributed by atoms with Gasteiger partial charge in [0.1, 0.15) is 11.5 Å². The molecule has 2 N–H and O–H groups in total. The van der Waals surface area contributed by atoms with Gasteiger partial charge in [-0.3, -0.25) is 24.6 Å². The summed E-state index contributed by atoms with van der Waals surface area (Å²) < 4.78 is 12.5. The van der Waals surface area contributed by atoms with E-state index in [0.717, 1.165) is 93.4 Å². The second kappa shape index (κ2) is 15.2. The Hall–Kier alpha value is -5.53. The number of para-hydroxylation sites is 2. The fourth-order valence-electron chi connectivity index (χ4n) is 11.1. The van der Waals surface area contributed by atoms with Crippen molar-refractivity contribution in [3.8, 4) is 22.8 Å². The summed E-state index contributed by atoms with van der Waals surface area (Å²) in [4.78, 5) is 48.2. The Bertz CT molecular complexity index is 2270. The van der Waals surface area contributed by atoms with E-state index in [1.807, 2.05) is 48.5 Å². The second-order valence-corrected chi connectivity index (χ2v) is 18.1. The van der Waals surface area contributed by atoms with Gasteiger partial charge in [-0.2, -0.15) is 10.2 Å². The summed E-state index contributed by atoms with van der Waals surface area (Å²) in [6, 6.07) is 25.8. The van der Waals surface area contributed by atoms with Crippen molar-refractivity contribution < 1.29 is 29.0 Å². The van der Waals surface area contributed by atoms with Gasteiger partial charge in [-0.05, 0) is 80.5 Å². The quantitative estimate of drug-likeness (QED) is 0.235. The van der Waals surface area contributed by atoms with Crippen LogP contribution in [0.25, 0.3) is 11.3 Å². The number of aromatic hydroxyl groups is 1. The molecule has 0 aliphatic carbocycles. The molecule has 6 saturated heterocycles. The van der Waals surface area contributed by atoms with Crippen LogP contribution < -0.4 is 19.9 Å². The Morgan fingerprint density at radius 3 is 2.30 bits per heavy atom. The van der Waals surface area contributed by atoms with Crippen LogP contribution >= 0.6 is 0 Å². The highest BCUT2D eigenvalue weighted by Gasteiger charge is 2.59. The number of methoxy groups -OCH3 is 1. The van der Waals surface area contributed by atoms with E-state index in [2.05, 4.69) is 53.3 Å². The highest BCUT2D eigenvalue weighted by atomic mass is 16.5. The smallest absolute Gasteiger partial charge is 0.234 e. The molecule has 13 heteroatoms. The van der Waals surface area contributed by atoms with Gasteiger partial charge in [0.05, 0.1) is 48.2 Å². The number of hydrogen-bond donors (Lipinski definition) is 2. The molecule has 3 aromatic carbocycles. The zero-order valence-corrected chi connectivity index (χ0v) is 34.2. The topological polar surface area (TPSA) is 141 Å². The monoisotopic (exact) mass is 811 g/mol. The number of benzene rings is 3. The van der Waals surface area contributed by atoms with Gasteiger partial charge in [0.25, 0.3) is 0 Å². The first-order chi connectivity index (χ1) is 29.2. The largest absolute Gasteiger partial charge is 0.507 e. The van der Waals surface area contributed by atoms with E-state index < -0.39 is 5.41 Å². The molecule has 6 fully saturated rings. The summed E-state index contributed by atoms with van der Waals surface area (Å²) in [6.07, 6.45) is 7.00. The fraction of sp³-hybridized carbons (Fsp3) is 0.468. The minimum Gasteiger partial charge on any atom is -0.507 e. The molecule has 0 bridgehead atoms. The number of hydrogen-bond acceptors (Lipinski definition) is 11. The van der Waals surface area contributed by atoms with E-state index in [1.54, 1.807) is 25.4 Å². The maximum Gasteiger partial charge on any atom is 0.234 e. The number of rotatable bonds is 8. The molecule has 2 spiro atoms. The van der Waals surface area contributed by atoms with Crippen LogP contribution in [0, 0.1) is 5.41 Å². The number of carbonyl (C=O) groups is 3. The lowest BCUT2D eigenvalue weighted by Gasteiger charge is -2.63. The van der Waals surface area contributed by atoms with E-state index in [9.17, 15) is 19.5 Å². The van der Waals surface area contributed by atoms with E-state index in [4.69, 9.17) is 9.47 Å². The number of amides is 3. The minimum atomic E-state index is -0.703. The molecule has 3 amide bonds. The third-order valence-electron chi connectivity index (χ3n) is 14.5. The number of phenolic OH excluding ortho intramolecular Hbond substituents is 1. The standard InChI is InChI=1S/C47H53N7O6/c1-59-41-9-5-3-7-38(41)47(18-22-52(23-19-47)34-24-39(50-48-26-34)37-6-2-4-8-40(37)55)44(58)54-30-45(31-54)28-53(29-45)35-25-46(60-27-35)16-20-51(21-17-46)33-12-10-32(11-13-33)36-14-15-42(56)49-43(36)57/h2-13,24,26,35-36,55H,14-23,25,27-31H2,1H3,(H,49,56,57)/t35-,36-/m1/s1. The summed E-state index contributed by atoms with van der Waals surface area (Å²) in [5.74, 6) is 0.456. The van der Waals surface area contributed by atoms with Crippen molar-refractivity contribution in [2.24, 2.45) is 5.41 Å². The van der Waals surface area contributed by atoms with Gasteiger partial charge in [-0.15, -0.1) is 0 Å². The van der Waals surface area contributed by atoms with Gasteiger partial charge in [-0.25, -0.2) is 0 Å². The minimum absolute atomic E-state index is 0.0919. The predicted molar refractivity (Wildman–Crippen MR) is 226 cm³/mol. The van der Waals surface area contributed by atoms with E-state index in [-0.39, 0.29) is 40.4 Å². The Morgan fingerprint density at radius 2 is 1.57 bits per heavy atom. The van der Waals surface area contributed by atoms with Crippen LogP contribution in [0.15, 0.2) is 85.1 Å². The van der Waals surface area contributed by atoms with Crippen LogP contribution in [0.2, 0.25) is 0 Å². The number of anilines is 2. The van der Waals surface area contributed by atoms with Crippen molar-refractivity contribution in [2.75, 3.05) is 75.9 Å². The first kappa shape index (κ1) is 38.7. The van der Waals surface area contributed by atoms with Crippen molar-refractivity contribution >= 4 is 29.1 Å². The lowest BCUT2D eigenvalue weighted by molar-refractivity contribution is -0.169. The van der Waals surface area contributed by atoms with Crippen LogP contribution in [0.3, 0.4) is 0 Å². The average Bonchev–Trinajstić information content (AvgIpc) is 3.65. The molecule has 10 rings (SSSR count). The van der Waals surface area contributed by atoms with Gasteiger partial charge in [0.15, 0.2) is 0 Å². The third-order valence-corrected chi connectivity index (χ3v) is 14.5. The summed E-state index contributed by atoms with van der Waals surface area (Å²) >= 11 is 0. The molecule has 0 unspecified atom stereocenters. The van der Waals surface area contributed by atoms with Gasteiger partial charge in [0, 0.05) is 87.0 Å². The Labute approximate surface area is 350 Å². The number of nitrogens with one attached hydrogen (secondary N) is 1. The number of imide groups is 1. The van der Waals surface area contributed by atoms with Crippen molar-refractivity contribution in [1.82, 2.24) is 25.3 Å². The van der Waals surface area contributed by atoms with Crippen LogP contribution in [0.1, 0.15) is 62.0 Å². The van der Waals surface area contributed by atoms with Crippen LogP contribution in [-0.2, 0) is 24.5 Å². The van der Waals surface area contributed by atoms with Crippen molar-refractivity contribution in [2.45, 2.75) is 67.9 Å². The number of likely N-dealkylation sites (tertiary alicyclic amines) is 2. The highest BCUT2D eigenvalue weighted by Crippen LogP contribution is 2.49. The molecule has 1 aromatic heterocycles. The lowest BCUT2D eigenvalue weighted by atomic mass is 9.67. The number of ether oxygens (including phenoxy) is 2. The van der Waals surface area contributed by atoms with E-state index in [0.29, 0.717) is 56.1 Å².